The number of hydrogen-bond acceptors (Lipinski definition) is 2. The predicted octanol–water partition coefficient (Wildman–Crippen LogP) is 3.74. The fourth-order valence-electron chi connectivity index (χ4n) is 1.97. The van der Waals surface area contributed by atoms with Gasteiger partial charge in [0.05, 0.1) is 7.11 Å². The third kappa shape index (κ3) is 2.50. The van der Waals surface area contributed by atoms with Gasteiger partial charge in [0.2, 0.25) is 0 Å². The first-order valence-corrected chi connectivity index (χ1v) is 6.08. The molecule has 0 aliphatic carbocycles. The van der Waals surface area contributed by atoms with Crippen molar-refractivity contribution in [2.75, 3.05) is 7.11 Å². The molecular formula is C15H15ClO2. The SMILES string of the molecule is COc1cc(Cl)ccc1C(O)c1ccccc1C. The second-order valence-corrected chi connectivity index (χ2v) is 4.58. The molecule has 2 aromatic carbocycles. The Hall–Kier alpha value is -1.51. The molecule has 0 saturated carbocycles. The van der Waals surface area contributed by atoms with Gasteiger partial charge in [-0.2, -0.15) is 0 Å². The third-order valence-corrected chi connectivity index (χ3v) is 3.21. The van der Waals surface area contributed by atoms with E-state index >= 15 is 0 Å². The molecule has 18 heavy (non-hydrogen) atoms. The van der Waals surface area contributed by atoms with Crippen LogP contribution in [0, 0.1) is 6.92 Å². The fourth-order valence-corrected chi connectivity index (χ4v) is 2.13. The summed E-state index contributed by atoms with van der Waals surface area (Å²) in [6.45, 7) is 1.97. The second-order valence-electron chi connectivity index (χ2n) is 4.15. The van der Waals surface area contributed by atoms with Gasteiger partial charge in [0, 0.05) is 10.6 Å². The third-order valence-electron chi connectivity index (χ3n) is 2.97. The molecule has 0 aliphatic rings. The van der Waals surface area contributed by atoms with Crippen molar-refractivity contribution in [2.45, 2.75) is 13.0 Å². The van der Waals surface area contributed by atoms with Crippen LogP contribution in [-0.2, 0) is 0 Å². The molecule has 0 bridgehead atoms. The fraction of sp³-hybridized carbons (Fsp3) is 0.200. The van der Waals surface area contributed by atoms with E-state index in [1.165, 1.54) is 0 Å². The molecule has 0 fully saturated rings. The van der Waals surface area contributed by atoms with Gasteiger partial charge in [-0.05, 0) is 30.2 Å². The number of aliphatic hydroxyl groups is 1. The zero-order valence-corrected chi connectivity index (χ0v) is 11.1. The molecule has 0 radical (unpaired) electrons. The average Bonchev–Trinajstić information content (AvgIpc) is 2.38. The lowest BCUT2D eigenvalue weighted by atomic mass is 9.97. The van der Waals surface area contributed by atoms with Gasteiger partial charge in [0.15, 0.2) is 0 Å². The topological polar surface area (TPSA) is 29.5 Å². The standard InChI is InChI=1S/C15H15ClO2/c1-10-5-3-4-6-12(10)15(17)13-8-7-11(16)9-14(13)18-2/h3-9,15,17H,1-2H3. The first-order chi connectivity index (χ1) is 8.63. The Bertz CT molecular complexity index is 552. The van der Waals surface area contributed by atoms with Gasteiger partial charge in [0.1, 0.15) is 11.9 Å². The number of aryl methyl sites for hydroxylation is 1. The summed E-state index contributed by atoms with van der Waals surface area (Å²) in [6.07, 6.45) is -0.710. The molecule has 0 saturated heterocycles. The average molecular weight is 263 g/mol. The molecule has 0 heterocycles. The Morgan fingerprint density at radius 1 is 1.11 bits per heavy atom. The van der Waals surface area contributed by atoms with Crippen LogP contribution in [0.3, 0.4) is 0 Å². The maximum atomic E-state index is 10.5. The molecule has 0 amide bonds. The number of rotatable bonds is 3. The summed E-state index contributed by atoms with van der Waals surface area (Å²) in [5.41, 5.74) is 2.64. The molecule has 94 valence electrons. The highest BCUT2D eigenvalue weighted by Crippen LogP contribution is 2.33. The molecule has 3 heteroatoms. The van der Waals surface area contributed by atoms with Crippen LogP contribution < -0.4 is 4.74 Å². The van der Waals surface area contributed by atoms with Crippen LogP contribution in [0.2, 0.25) is 5.02 Å². The monoisotopic (exact) mass is 262 g/mol. The van der Waals surface area contributed by atoms with E-state index in [-0.39, 0.29) is 0 Å². The lowest BCUT2D eigenvalue weighted by Crippen LogP contribution is -2.04. The van der Waals surface area contributed by atoms with Crippen molar-refractivity contribution in [1.29, 1.82) is 0 Å². The molecular weight excluding hydrogens is 248 g/mol. The first kappa shape index (κ1) is 12.9. The van der Waals surface area contributed by atoms with Gasteiger partial charge >= 0.3 is 0 Å². The minimum atomic E-state index is -0.710. The summed E-state index contributed by atoms with van der Waals surface area (Å²) >= 11 is 5.92. The lowest BCUT2D eigenvalue weighted by Gasteiger charge is -2.17. The summed E-state index contributed by atoms with van der Waals surface area (Å²) in [7, 11) is 1.57. The van der Waals surface area contributed by atoms with E-state index in [9.17, 15) is 5.11 Å². The van der Waals surface area contributed by atoms with Crippen molar-refractivity contribution in [2.24, 2.45) is 0 Å². The molecule has 1 unspecified atom stereocenters. The molecule has 2 rings (SSSR count). The van der Waals surface area contributed by atoms with E-state index in [2.05, 4.69) is 0 Å². The summed E-state index contributed by atoms with van der Waals surface area (Å²) in [5, 5.41) is 11.0. The number of methoxy groups -OCH3 is 1. The number of hydrogen-bond donors (Lipinski definition) is 1. The molecule has 1 atom stereocenters. The molecule has 1 N–H and O–H groups in total. The van der Waals surface area contributed by atoms with Crippen LogP contribution in [0.1, 0.15) is 22.8 Å². The Kier molecular flexibility index (Phi) is 3.90. The Morgan fingerprint density at radius 2 is 1.83 bits per heavy atom. The van der Waals surface area contributed by atoms with Crippen molar-refractivity contribution in [3.05, 3.63) is 64.2 Å². The molecule has 2 aromatic rings. The zero-order valence-electron chi connectivity index (χ0n) is 10.4. The second kappa shape index (κ2) is 5.42. The van der Waals surface area contributed by atoms with E-state index in [1.807, 2.05) is 31.2 Å². The van der Waals surface area contributed by atoms with Crippen LogP contribution in [0.15, 0.2) is 42.5 Å². The van der Waals surface area contributed by atoms with Crippen LogP contribution in [0.5, 0.6) is 5.75 Å². The Labute approximate surface area is 112 Å². The maximum absolute atomic E-state index is 10.5. The van der Waals surface area contributed by atoms with Gasteiger partial charge in [-0.25, -0.2) is 0 Å². The summed E-state index contributed by atoms with van der Waals surface area (Å²) < 4.78 is 5.26. The first-order valence-electron chi connectivity index (χ1n) is 5.70. The molecule has 2 nitrogen and oxygen atoms in total. The van der Waals surface area contributed by atoms with E-state index in [1.54, 1.807) is 25.3 Å². The minimum absolute atomic E-state index is 0.590. The van der Waals surface area contributed by atoms with Crippen molar-refractivity contribution in [3.63, 3.8) is 0 Å². The number of halogens is 1. The molecule has 0 aliphatic heterocycles. The molecule has 0 spiro atoms. The van der Waals surface area contributed by atoms with E-state index in [0.29, 0.717) is 10.8 Å². The van der Waals surface area contributed by atoms with Crippen LogP contribution in [-0.4, -0.2) is 12.2 Å². The number of benzene rings is 2. The minimum Gasteiger partial charge on any atom is -0.496 e. The number of aliphatic hydroxyl groups excluding tert-OH is 1. The molecule has 0 aromatic heterocycles. The smallest absolute Gasteiger partial charge is 0.126 e. The largest absolute Gasteiger partial charge is 0.496 e. The highest BCUT2D eigenvalue weighted by molar-refractivity contribution is 6.30. The van der Waals surface area contributed by atoms with E-state index < -0.39 is 6.10 Å². The van der Waals surface area contributed by atoms with Crippen molar-refractivity contribution >= 4 is 11.6 Å². The maximum Gasteiger partial charge on any atom is 0.126 e. The summed E-state index contributed by atoms with van der Waals surface area (Å²) in [5.74, 6) is 0.596. The lowest BCUT2D eigenvalue weighted by molar-refractivity contribution is 0.214. The highest BCUT2D eigenvalue weighted by Gasteiger charge is 2.17. The summed E-state index contributed by atoms with van der Waals surface area (Å²) in [4.78, 5) is 0. The van der Waals surface area contributed by atoms with Crippen molar-refractivity contribution in [3.8, 4) is 5.75 Å². The van der Waals surface area contributed by atoms with Gasteiger partial charge in [-0.3, -0.25) is 0 Å². The predicted molar refractivity (Wildman–Crippen MR) is 73.2 cm³/mol. The van der Waals surface area contributed by atoms with Crippen molar-refractivity contribution < 1.29 is 9.84 Å². The van der Waals surface area contributed by atoms with E-state index in [0.717, 1.165) is 16.7 Å². The van der Waals surface area contributed by atoms with Crippen molar-refractivity contribution in [1.82, 2.24) is 0 Å². The van der Waals surface area contributed by atoms with Crippen LogP contribution in [0.25, 0.3) is 0 Å². The van der Waals surface area contributed by atoms with Gasteiger partial charge in [-0.15, -0.1) is 0 Å². The van der Waals surface area contributed by atoms with Crippen LogP contribution >= 0.6 is 11.6 Å². The Morgan fingerprint density at radius 3 is 2.50 bits per heavy atom. The van der Waals surface area contributed by atoms with Gasteiger partial charge in [0.25, 0.3) is 0 Å². The van der Waals surface area contributed by atoms with Gasteiger partial charge in [-0.1, -0.05) is 41.9 Å². The quantitative estimate of drug-likeness (QED) is 0.913. The van der Waals surface area contributed by atoms with Gasteiger partial charge < -0.3 is 9.84 Å². The zero-order chi connectivity index (χ0) is 13.1. The number of ether oxygens (including phenoxy) is 1. The van der Waals surface area contributed by atoms with Crippen LogP contribution in [0.4, 0.5) is 0 Å². The van der Waals surface area contributed by atoms with E-state index in [4.69, 9.17) is 16.3 Å². The normalized spacial score (nSPS) is 12.2. The Balaban J connectivity index is 2.46. The summed E-state index contributed by atoms with van der Waals surface area (Å²) in [6, 6.07) is 13.0. The highest BCUT2D eigenvalue weighted by atomic mass is 35.5.